The molecule has 4 aliphatic carbocycles. The number of carbonyl (C=O) groups is 6. The first-order chi connectivity index (χ1) is 55.4. The van der Waals surface area contributed by atoms with Crippen molar-refractivity contribution in [2.24, 2.45) is 21.7 Å². The summed E-state index contributed by atoms with van der Waals surface area (Å²) in [5, 5.41) is 0. The highest BCUT2D eigenvalue weighted by Gasteiger charge is 2.65. The van der Waals surface area contributed by atoms with E-state index in [1.54, 1.807) is 6.08 Å². The van der Waals surface area contributed by atoms with E-state index in [0.717, 1.165) is 81.7 Å². The Balaban J connectivity index is 0.000000220. The molecule has 686 valence electrons. The number of para-hydroxylation sites is 1. The number of nitrogens with zero attached hydrogens (tertiary/aromatic N) is 1. The van der Waals surface area contributed by atoms with E-state index in [1.807, 2.05) is 55.4 Å². The van der Waals surface area contributed by atoms with Crippen LogP contribution in [0.5, 0.6) is 0 Å². The van der Waals surface area contributed by atoms with Crippen LogP contribution in [0.4, 0.5) is 45.2 Å². The fourth-order valence-electron chi connectivity index (χ4n) is 13.8. The summed E-state index contributed by atoms with van der Waals surface area (Å²) in [6.45, 7) is 50.5. The number of allylic oxidation sites excluding steroid dienone is 7. The number of esters is 5. The van der Waals surface area contributed by atoms with E-state index in [4.69, 9.17) is 55.7 Å². The van der Waals surface area contributed by atoms with Crippen LogP contribution in [0, 0.1) is 21.7 Å². The lowest BCUT2D eigenvalue weighted by Crippen LogP contribution is -2.49. The van der Waals surface area contributed by atoms with E-state index < -0.39 is 92.2 Å². The van der Waals surface area contributed by atoms with Gasteiger partial charge in [-0.15, -0.1) is 3.71 Å². The van der Waals surface area contributed by atoms with Gasteiger partial charge in [-0.25, -0.2) is 4.79 Å². The number of hydrogen-bond acceptors (Lipinski definition) is 26. The van der Waals surface area contributed by atoms with Gasteiger partial charge in [-0.3, -0.25) is 24.0 Å². The van der Waals surface area contributed by atoms with Gasteiger partial charge in [0, 0.05) is 37.7 Å². The first-order valence-corrected chi connectivity index (χ1v) is 50.9. The van der Waals surface area contributed by atoms with E-state index in [2.05, 4.69) is 108 Å². The fraction of sp³-hybridized carbons (Fsp3) is 0.692. The zero-order valence-corrected chi connectivity index (χ0v) is 77.0. The third kappa shape index (κ3) is 25.7. The van der Waals surface area contributed by atoms with E-state index in [-0.39, 0.29) is 118 Å². The maximum atomic E-state index is 12.4. The number of hydrogen-bond donors (Lipinski definition) is 0. The van der Waals surface area contributed by atoms with Crippen LogP contribution in [0.3, 0.4) is 0 Å². The predicted molar refractivity (Wildman–Crippen MR) is 437 cm³/mol. The first kappa shape index (κ1) is 104. The number of sulfonamides is 2. The van der Waals surface area contributed by atoms with Crippen molar-refractivity contribution in [2.75, 3.05) is 36.7 Å². The summed E-state index contributed by atoms with van der Waals surface area (Å²) in [6.07, 6.45) is 18.8. The van der Waals surface area contributed by atoms with Gasteiger partial charge in [-0.1, -0.05) is 44.0 Å². The maximum absolute atomic E-state index is 12.4. The summed E-state index contributed by atoms with van der Waals surface area (Å²) in [5.41, 5.74) is -21.0. The number of carbonyl (C=O) groups excluding carboxylic acids is 6. The van der Waals surface area contributed by atoms with Crippen LogP contribution >= 0.6 is 0 Å². The molecule has 0 aromatic heterocycles. The minimum atomic E-state index is -6.81. The van der Waals surface area contributed by atoms with Gasteiger partial charge in [0.15, 0.2) is 0 Å². The third-order valence-corrected chi connectivity index (χ3v) is 29.8. The molecule has 1 aromatic rings. The lowest BCUT2D eigenvalue weighted by molar-refractivity contribution is -0.149. The number of rotatable bonds is 12. The van der Waals surface area contributed by atoms with Crippen molar-refractivity contribution >= 4 is 109 Å². The van der Waals surface area contributed by atoms with Gasteiger partial charge in [-0.2, -0.15) is 64.8 Å². The molecule has 0 amide bonds. The average molecular weight is 1840 g/mol. The quantitative estimate of drug-likeness (QED) is 0.0216. The van der Waals surface area contributed by atoms with Gasteiger partial charge in [0.05, 0.1) is 106 Å². The Kier molecular flexibility index (Phi) is 33.0. The van der Waals surface area contributed by atoms with Gasteiger partial charge in [0.1, 0.15) is 11.5 Å². The predicted octanol–water partition coefficient (Wildman–Crippen LogP) is 15.9. The molecule has 4 spiro atoms. The van der Waals surface area contributed by atoms with E-state index >= 15 is 0 Å². The first-order valence-electron chi connectivity index (χ1n) is 39.8. The van der Waals surface area contributed by atoms with Gasteiger partial charge < -0.3 is 64.6 Å². The molecule has 27 nitrogen and oxygen atoms in total. The molecule has 8 saturated heterocycles. The van der Waals surface area contributed by atoms with Crippen LogP contribution in [0.25, 0.3) is 0 Å². The van der Waals surface area contributed by atoms with E-state index in [9.17, 15) is 93.5 Å². The van der Waals surface area contributed by atoms with E-state index in [0.29, 0.717) is 94.2 Å². The summed E-state index contributed by atoms with van der Waals surface area (Å²) in [5.74, 6) is 1.07. The number of cyclic esters (lactones) is 5. The highest BCUT2D eigenvalue weighted by Crippen LogP contribution is 2.50. The topological polar surface area (TPSA) is 337 Å². The molecule has 0 radical (unpaired) electrons. The molecule has 3 unspecified atom stereocenters. The van der Waals surface area contributed by atoms with Crippen molar-refractivity contribution in [2.45, 2.75) is 288 Å². The molecule has 44 heteroatoms. The largest absolute Gasteiger partial charge is 0.548 e. The smallest absolute Gasteiger partial charge is 0.534 e. The Labute approximate surface area is 712 Å². The summed E-state index contributed by atoms with van der Waals surface area (Å²) in [6, 6.07) is 3.85. The van der Waals surface area contributed by atoms with Crippen molar-refractivity contribution in [1.29, 1.82) is 0 Å². The molecular weight excluding hydrogens is 1720 g/mol. The molecule has 13 rings (SSSR count). The molecule has 0 N–H and O–H groups in total. The molecule has 9 fully saturated rings. The van der Waals surface area contributed by atoms with Crippen LogP contribution in [0.15, 0.2) is 103 Å². The Morgan fingerprint density at radius 1 is 0.451 bits per heavy atom. The Morgan fingerprint density at radius 2 is 0.803 bits per heavy atom. The van der Waals surface area contributed by atoms with Gasteiger partial charge >= 0.3 is 97.7 Å². The van der Waals surface area contributed by atoms with Crippen molar-refractivity contribution < 1.29 is 158 Å². The second kappa shape index (κ2) is 38.6. The fourth-order valence-corrected chi connectivity index (χ4v) is 18.8. The summed E-state index contributed by atoms with van der Waals surface area (Å²) in [7, 11) is -23.4. The van der Waals surface area contributed by atoms with Crippen LogP contribution in [-0.2, 0) is 124 Å². The molecule has 8 heterocycles. The molecule has 8 aliphatic heterocycles. The summed E-state index contributed by atoms with van der Waals surface area (Å²) < 4.78 is 252. The highest BCUT2D eigenvalue weighted by atomic mass is 32.3. The zero-order valence-electron chi connectivity index (χ0n) is 72.5. The van der Waals surface area contributed by atoms with Gasteiger partial charge in [0.2, 0.25) is 16.6 Å². The van der Waals surface area contributed by atoms with Crippen molar-refractivity contribution in [3.63, 3.8) is 0 Å². The molecular formula is C78H115B3F9NO26S3Si2. The minimum Gasteiger partial charge on any atom is -0.548 e. The minimum absolute atomic E-state index is 0.00389. The molecule has 3 atom stereocenters. The second-order valence-electron chi connectivity index (χ2n) is 36.3. The van der Waals surface area contributed by atoms with Crippen molar-refractivity contribution in [1.82, 2.24) is 0 Å². The third-order valence-electron chi connectivity index (χ3n) is 23.4. The molecule has 122 heavy (non-hydrogen) atoms. The summed E-state index contributed by atoms with van der Waals surface area (Å²) >= 11 is 0. The number of ketones is 1. The lowest BCUT2D eigenvalue weighted by Gasteiger charge is -2.32. The maximum Gasteiger partial charge on any atom is 0.534 e. The Bertz CT molecular complexity index is 4320. The number of anilines is 1. The normalized spacial score (nSPS) is 25.9. The average Bonchev–Trinajstić information content (AvgIpc) is 1.67. The standard InChI is InChI=1S/C15H23BO4.C12H24B2O4.C12H20O3Si.C10H11F3O5S.C9H12O3.C8H5F6NO4S2.C7H14OSi.C5H6O2/c1-13(2)14(3,4)20-16(19-13)11-5-7-15(8-6-11)9-10-18-12(15)17;1-9(2)10(3,4)16-13(15-9)14-17-11(5,6)12(7,8)18-14;1-16(2,3)15-10-4-6-12(7-5-10)8-9-14-11(12)13;11-10(12,13)19(15,16)18-7-1-3-9(4-2-7)5-6-17-8(9)14;10-7-1-3-9(4-2-7)5-6-12-8(9)11;9-7(10,11)20(16,17)15(6-4-2-1-3-5-6)21(18,19)8(12,13)14;1-6-7(2)8-9(3,4)5;1-4-2-3-7-5(4)6/h5H,6-10H2,1-4H3;1-8H3;4H,5-9H2,1-3H3;1H,2-6H2;1-6H2;1-5H;6H,1-2H2,3-5H3;1-3H2. The molecule has 12 aliphatic rings. The number of benzene rings is 1. The monoisotopic (exact) mass is 1840 g/mol. The summed E-state index contributed by atoms with van der Waals surface area (Å²) in [4.78, 5) is 67.6. The van der Waals surface area contributed by atoms with E-state index in [1.165, 1.54) is 11.5 Å². The number of halogens is 9. The number of ether oxygens (including phenoxy) is 5. The molecule has 1 aromatic carbocycles. The molecule has 1 saturated carbocycles. The zero-order chi connectivity index (χ0) is 92.8. The van der Waals surface area contributed by atoms with Crippen LogP contribution in [0.2, 0.25) is 39.3 Å². The van der Waals surface area contributed by atoms with Crippen LogP contribution < -0.4 is 3.71 Å². The van der Waals surface area contributed by atoms with Gasteiger partial charge in [0.25, 0.3) is 0 Å². The molecule has 0 bridgehead atoms. The van der Waals surface area contributed by atoms with Gasteiger partial charge in [-0.05, 0) is 242 Å². The van der Waals surface area contributed by atoms with Crippen molar-refractivity contribution in [3.8, 4) is 0 Å². The number of Topliss-reactive ketones (excluding diaryl/α,β-unsaturated/α-hetero) is 1. The number of alkyl halides is 9. The SMILES string of the molecule is C=C1CCOC1=O.C=CC(=C)O[Si](C)(C)C.CC1(C)OB(B2OC(C)(C)C(C)(C)O2)OC1(C)C.CC1(C)OB(C2=CCC3(CCOC3=O)CC2)OC1(C)C.C[Si](C)(C)OC1=CCC2(CCOC2=O)CC1.O=C1CCC2(CCOC2=O)CC1.O=C1OCCC12CC=C(OS(=O)(=O)C(F)(F)F)CC2.O=S(=O)(N(c1ccccc1)S(=O)(=O)C(F)(F)F)C(F)(F)F. The lowest BCUT2D eigenvalue weighted by atomic mass is 9.49. The van der Waals surface area contributed by atoms with Crippen molar-refractivity contribution in [3.05, 3.63) is 103 Å². The highest BCUT2D eigenvalue weighted by molar-refractivity contribution is 8.11. The Hall–Kier alpha value is -6.51. The second-order valence-corrected chi connectivity index (χ2v) is 50.5. The van der Waals surface area contributed by atoms with Crippen LogP contribution in [-0.4, -0.2) is 182 Å². The van der Waals surface area contributed by atoms with Crippen LogP contribution in [0.1, 0.15) is 199 Å². The Morgan fingerprint density at radius 3 is 1.07 bits per heavy atom.